The van der Waals surface area contributed by atoms with E-state index in [1.807, 2.05) is 6.07 Å². The van der Waals surface area contributed by atoms with Gasteiger partial charge in [0.2, 0.25) is 10.5 Å². The second-order valence-corrected chi connectivity index (χ2v) is 10.8. The van der Waals surface area contributed by atoms with Crippen molar-refractivity contribution in [2.24, 2.45) is 28.6 Å². The fourth-order valence-electron chi connectivity index (χ4n) is 5.70. The average molecular weight is 408 g/mol. The summed E-state index contributed by atoms with van der Waals surface area (Å²) in [6.45, 7) is 13.2. The van der Waals surface area contributed by atoms with E-state index in [2.05, 4.69) is 82.1 Å². The van der Waals surface area contributed by atoms with Gasteiger partial charge in [0, 0.05) is 23.8 Å². The molecule has 0 spiro atoms. The molecule has 0 amide bonds. The van der Waals surface area contributed by atoms with Crippen LogP contribution >= 0.6 is 0 Å². The Labute approximate surface area is 180 Å². The first-order valence-electron chi connectivity index (χ1n) is 11.0. The van der Waals surface area contributed by atoms with Gasteiger partial charge in [-0.05, 0) is 61.0 Å². The molecule has 0 saturated heterocycles. The zero-order chi connectivity index (χ0) is 21.4. The summed E-state index contributed by atoms with van der Waals surface area (Å²) < 4.78 is 5.83. The van der Waals surface area contributed by atoms with Crippen LogP contribution in [0.2, 0.25) is 0 Å². The summed E-state index contributed by atoms with van der Waals surface area (Å²) in [4.78, 5) is 12.5. The molecule has 2 aliphatic carbocycles. The molecule has 2 fully saturated rings. The summed E-state index contributed by atoms with van der Waals surface area (Å²) in [5.41, 5.74) is 1.65. The molecule has 2 aliphatic rings. The van der Waals surface area contributed by atoms with Crippen LogP contribution in [0.4, 0.5) is 0 Å². The van der Waals surface area contributed by atoms with Crippen molar-refractivity contribution in [2.75, 3.05) is 0 Å². The Bertz CT molecular complexity index is 827. The predicted molar refractivity (Wildman–Crippen MR) is 119 cm³/mol. The quantitative estimate of drug-likeness (QED) is 0.466. The van der Waals surface area contributed by atoms with Crippen LogP contribution in [0.25, 0.3) is 0 Å². The molecule has 5 atom stereocenters. The summed E-state index contributed by atoms with van der Waals surface area (Å²) in [7, 11) is 3.34. The summed E-state index contributed by atoms with van der Waals surface area (Å²) >= 11 is 0. The highest BCUT2D eigenvalue weighted by molar-refractivity contribution is 5.98. The minimum Gasteiger partial charge on any atom is -0.409 e. The highest BCUT2D eigenvalue weighted by Crippen LogP contribution is 2.56. The van der Waals surface area contributed by atoms with Gasteiger partial charge < -0.3 is 4.43 Å². The Balaban J connectivity index is 1.91. The normalized spacial score (nSPS) is 30.1. The van der Waals surface area contributed by atoms with Crippen LogP contribution in [0.15, 0.2) is 24.3 Å². The summed E-state index contributed by atoms with van der Waals surface area (Å²) in [6, 6.07) is 8.30. The van der Waals surface area contributed by atoms with Crippen molar-refractivity contribution in [3.8, 4) is 11.8 Å². The fourth-order valence-corrected chi connectivity index (χ4v) is 6.12. The molecular weight excluding hydrogens is 372 g/mol. The number of benzene rings is 1. The lowest BCUT2D eigenvalue weighted by molar-refractivity contribution is -0.129. The minimum absolute atomic E-state index is 0.104. The van der Waals surface area contributed by atoms with Gasteiger partial charge in [0.05, 0.1) is 5.60 Å². The van der Waals surface area contributed by atoms with E-state index in [1.165, 1.54) is 0 Å². The van der Waals surface area contributed by atoms with Crippen molar-refractivity contribution >= 4 is 16.3 Å². The number of carbonyl (C=O) groups excluding carboxylic acids is 1. The molecule has 0 heterocycles. The van der Waals surface area contributed by atoms with Crippen LogP contribution in [0.1, 0.15) is 84.8 Å². The molecule has 155 valence electrons. The van der Waals surface area contributed by atoms with Crippen LogP contribution in [0.3, 0.4) is 0 Å². The van der Waals surface area contributed by atoms with Crippen molar-refractivity contribution in [1.29, 1.82) is 0 Å². The molecule has 3 rings (SSSR count). The maximum atomic E-state index is 12.5. The van der Waals surface area contributed by atoms with Crippen LogP contribution in [0.5, 0.6) is 0 Å². The molecule has 2 saturated carbocycles. The first-order valence-corrected chi connectivity index (χ1v) is 11.4. The van der Waals surface area contributed by atoms with E-state index >= 15 is 0 Å². The summed E-state index contributed by atoms with van der Waals surface area (Å²) in [5, 5.41) is 0. The van der Waals surface area contributed by atoms with Gasteiger partial charge in [0.25, 0.3) is 0 Å². The lowest BCUT2D eigenvalue weighted by Gasteiger charge is -2.42. The monoisotopic (exact) mass is 407 g/mol. The second-order valence-electron chi connectivity index (χ2n) is 10.6. The number of carbonyl (C=O) groups is 1. The molecule has 29 heavy (non-hydrogen) atoms. The van der Waals surface area contributed by atoms with E-state index in [0.29, 0.717) is 11.7 Å². The van der Waals surface area contributed by atoms with E-state index in [4.69, 9.17) is 4.43 Å². The zero-order valence-corrected chi connectivity index (χ0v) is 19.9. The van der Waals surface area contributed by atoms with Crippen molar-refractivity contribution < 1.29 is 9.22 Å². The number of hydrogen-bond acceptors (Lipinski definition) is 2. The molecule has 3 heteroatoms. The summed E-state index contributed by atoms with van der Waals surface area (Å²) in [5.74, 6) is 8.57. The van der Waals surface area contributed by atoms with Gasteiger partial charge in [-0.3, -0.25) is 4.79 Å². The first kappa shape index (κ1) is 22.3. The SMILES string of the molecule is C[C@@H](C#Cc1ccccc1C(C)(O[Si])C(C)(C)C)[C@H]1CC[C@H]2C(=O)CCC[C@]12C. The standard InChI is InChI=1S/C26H35O2Si/c1-18(20-15-16-22-23(27)12-9-17-25(20,22)5)13-14-19-10-7-8-11-21(19)26(6,28-29)24(2,3)4/h7-8,10-11,18,20,22H,9,12,15-17H2,1-6H3/t18-,20+,22-,25+,26?/m0/s1. The smallest absolute Gasteiger partial charge is 0.247 e. The van der Waals surface area contributed by atoms with Gasteiger partial charge in [-0.25, -0.2) is 0 Å². The minimum atomic E-state index is -0.501. The molecule has 0 N–H and O–H groups in total. The Hall–Kier alpha value is -1.37. The lowest BCUT2D eigenvalue weighted by Crippen LogP contribution is -2.40. The molecule has 3 radical (unpaired) electrons. The largest absolute Gasteiger partial charge is 0.409 e. The van der Waals surface area contributed by atoms with E-state index < -0.39 is 5.60 Å². The Morgan fingerprint density at radius 2 is 1.90 bits per heavy atom. The number of rotatable bonds is 3. The molecule has 1 unspecified atom stereocenters. The second kappa shape index (κ2) is 8.04. The van der Waals surface area contributed by atoms with Crippen LogP contribution in [-0.2, 0) is 14.8 Å². The molecule has 2 nitrogen and oxygen atoms in total. The molecule has 0 bridgehead atoms. The van der Waals surface area contributed by atoms with Crippen molar-refractivity contribution in [1.82, 2.24) is 0 Å². The Morgan fingerprint density at radius 3 is 2.55 bits per heavy atom. The highest BCUT2D eigenvalue weighted by atomic mass is 28.2. The zero-order valence-electron chi connectivity index (χ0n) is 18.9. The molecule has 0 aliphatic heterocycles. The first-order chi connectivity index (χ1) is 13.5. The van der Waals surface area contributed by atoms with Gasteiger partial charge in [0.1, 0.15) is 5.78 Å². The average Bonchev–Trinajstić information content (AvgIpc) is 3.03. The summed E-state index contributed by atoms with van der Waals surface area (Å²) in [6.07, 6.45) is 5.14. The van der Waals surface area contributed by atoms with Crippen molar-refractivity contribution in [3.05, 3.63) is 35.4 Å². The molecule has 1 aromatic carbocycles. The number of ketones is 1. The fraction of sp³-hybridized carbons (Fsp3) is 0.654. The van der Waals surface area contributed by atoms with E-state index in [-0.39, 0.29) is 22.7 Å². The van der Waals surface area contributed by atoms with Crippen molar-refractivity contribution in [2.45, 2.75) is 79.2 Å². The van der Waals surface area contributed by atoms with Gasteiger partial charge in [-0.2, -0.15) is 0 Å². The van der Waals surface area contributed by atoms with Gasteiger partial charge >= 0.3 is 0 Å². The van der Waals surface area contributed by atoms with E-state index in [9.17, 15) is 4.79 Å². The Morgan fingerprint density at radius 1 is 1.21 bits per heavy atom. The molecular formula is C26H35O2Si. The maximum absolute atomic E-state index is 12.5. The molecule has 0 aromatic heterocycles. The predicted octanol–water partition coefficient (Wildman–Crippen LogP) is 5.82. The third-order valence-electron chi connectivity index (χ3n) is 8.05. The number of hydrogen-bond donors (Lipinski definition) is 0. The van der Waals surface area contributed by atoms with E-state index in [1.54, 1.807) is 0 Å². The third kappa shape index (κ3) is 3.87. The van der Waals surface area contributed by atoms with Crippen LogP contribution < -0.4 is 0 Å². The van der Waals surface area contributed by atoms with Crippen molar-refractivity contribution in [3.63, 3.8) is 0 Å². The lowest BCUT2D eigenvalue weighted by atomic mass is 9.62. The highest BCUT2D eigenvalue weighted by Gasteiger charge is 2.52. The van der Waals surface area contributed by atoms with E-state index in [0.717, 1.165) is 43.2 Å². The number of fused-ring (bicyclic) bond motifs is 1. The van der Waals surface area contributed by atoms with Gasteiger partial charge in [0.15, 0.2) is 0 Å². The maximum Gasteiger partial charge on any atom is 0.247 e. The number of Topliss-reactive ketones (excluding diaryl/α,β-unsaturated/α-hetero) is 1. The topological polar surface area (TPSA) is 26.3 Å². The van der Waals surface area contributed by atoms with Gasteiger partial charge in [-0.15, -0.1) is 0 Å². The Kier molecular flexibility index (Phi) is 6.19. The van der Waals surface area contributed by atoms with Crippen LogP contribution in [0, 0.1) is 40.4 Å². The van der Waals surface area contributed by atoms with Gasteiger partial charge in [-0.1, -0.05) is 64.7 Å². The molecule has 1 aromatic rings. The van der Waals surface area contributed by atoms with Crippen LogP contribution in [-0.4, -0.2) is 16.3 Å². The third-order valence-corrected chi connectivity index (χ3v) is 8.46.